The maximum Gasteiger partial charge on any atom is 0.408 e. The number of carbonyl (C=O) groups is 1. The zero-order valence-electron chi connectivity index (χ0n) is 14.9. The van der Waals surface area contributed by atoms with Gasteiger partial charge in [-0.2, -0.15) is 22.5 Å². The number of morpholine rings is 1. The SMILES string of the molecule is CC(=O)CN1c2nc(N3CCOC[C@H]3C)c(F)c(=O)n2CC[C@H]1C(F)(F)F. The van der Waals surface area contributed by atoms with E-state index in [0.717, 1.165) is 16.4 Å². The van der Waals surface area contributed by atoms with Gasteiger partial charge >= 0.3 is 6.18 Å². The zero-order chi connectivity index (χ0) is 19.9. The van der Waals surface area contributed by atoms with Gasteiger partial charge in [-0.15, -0.1) is 0 Å². The summed E-state index contributed by atoms with van der Waals surface area (Å²) >= 11 is 0. The van der Waals surface area contributed by atoms with Gasteiger partial charge in [0.15, 0.2) is 5.82 Å². The summed E-state index contributed by atoms with van der Waals surface area (Å²) in [5, 5.41) is 0. The lowest BCUT2D eigenvalue weighted by Crippen LogP contribution is -2.54. The number of ether oxygens (including phenoxy) is 1. The quantitative estimate of drug-likeness (QED) is 0.724. The fourth-order valence-corrected chi connectivity index (χ4v) is 3.47. The van der Waals surface area contributed by atoms with E-state index in [1.165, 1.54) is 4.90 Å². The summed E-state index contributed by atoms with van der Waals surface area (Å²) in [6, 6.07) is -2.26. The van der Waals surface area contributed by atoms with Crippen LogP contribution in [0.2, 0.25) is 0 Å². The third kappa shape index (κ3) is 3.64. The van der Waals surface area contributed by atoms with Gasteiger partial charge in [0.05, 0.1) is 25.8 Å². The Bertz CT molecular complexity index is 795. The Hall–Kier alpha value is -2.17. The molecular weight excluding hydrogens is 372 g/mol. The van der Waals surface area contributed by atoms with E-state index in [-0.39, 0.29) is 44.1 Å². The fourth-order valence-electron chi connectivity index (χ4n) is 3.47. The summed E-state index contributed by atoms with van der Waals surface area (Å²) in [6.07, 6.45) is -5.07. The van der Waals surface area contributed by atoms with Gasteiger partial charge in [-0.1, -0.05) is 0 Å². The van der Waals surface area contributed by atoms with Gasteiger partial charge in [-0.3, -0.25) is 14.2 Å². The molecule has 0 bridgehead atoms. The third-order valence-corrected chi connectivity index (χ3v) is 4.75. The number of carbonyl (C=O) groups excluding carboxylic acids is 1. The van der Waals surface area contributed by atoms with Crippen LogP contribution >= 0.6 is 0 Å². The van der Waals surface area contributed by atoms with Gasteiger partial charge < -0.3 is 14.5 Å². The van der Waals surface area contributed by atoms with Crippen LogP contribution < -0.4 is 15.4 Å². The average Bonchev–Trinajstić information content (AvgIpc) is 2.57. The Balaban J connectivity index is 2.13. The van der Waals surface area contributed by atoms with Crippen LogP contribution in [-0.4, -0.2) is 59.9 Å². The Morgan fingerprint density at radius 3 is 2.63 bits per heavy atom. The molecule has 2 aliphatic rings. The Labute approximate surface area is 152 Å². The molecule has 27 heavy (non-hydrogen) atoms. The van der Waals surface area contributed by atoms with Crippen LogP contribution in [0.25, 0.3) is 0 Å². The first-order valence-electron chi connectivity index (χ1n) is 8.58. The molecule has 1 fully saturated rings. The van der Waals surface area contributed by atoms with E-state index >= 15 is 0 Å². The van der Waals surface area contributed by atoms with Crippen LogP contribution in [-0.2, 0) is 16.1 Å². The lowest BCUT2D eigenvalue weighted by molar-refractivity contribution is -0.153. The molecule has 0 saturated carbocycles. The topological polar surface area (TPSA) is 67.7 Å². The highest BCUT2D eigenvalue weighted by molar-refractivity contribution is 5.80. The molecule has 2 atom stereocenters. The van der Waals surface area contributed by atoms with E-state index in [1.54, 1.807) is 6.92 Å². The first kappa shape index (κ1) is 19.6. The number of alkyl halides is 3. The molecule has 1 saturated heterocycles. The lowest BCUT2D eigenvalue weighted by atomic mass is 10.1. The Morgan fingerprint density at radius 1 is 1.33 bits per heavy atom. The first-order valence-corrected chi connectivity index (χ1v) is 8.58. The predicted molar refractivity (Wildman–Crippen MR) is 88.6 cm³/mol. The molecule has 0 N–H and O–H groups in total. The smallest absolute Gasteiger partial charge is 0.377 e. The minimum Gasteiger partial charge on any atom is -0.377 e. The van der Waals surface area contributed by atoms with Crippen molar-refractivity contribution in [2.24, 2.45) is 0 Å². The fraction of sp³-hybridized carbons (Fsp3) is 0.688. The third-order valence-electron chi connectivity index (χ3n) is 4.75. The van der Waals surface area contributed by atoms with Crippen molar-refractivity contribution in [3.63, 3.8) is 0 Å². The largest absolute Gasteiger partial charge is 0.408 e. The molecule has 150 valence electrons. The molecule has 2 aliphatic heterocycles. The molecule has 0 aromatic carbocycles. The van der Waals surface area contributed by atoms with Crippen molar-refractivity contribution >= 4 is 17.5 Å². The number of aromatic nitrogens is 2. The molecule has 7 nitrogen and oxygen atoms in total. The van der Waals surface area contributed by atoms with Gasteiger partial charge in [-0.05, 0) is 20.3 Å². The number of rotatable bonds is 3. The molecule has 3 rings (SSSR count). The first-order chi connectivity index (χ1) is 12.6. The molecule has 1 aromatic rings. The lowest BCUT2D eigenvalue weighted by Gasteiger charge is -2.40. The highest BCUT2D eigenvalue weighted by Gasteiger charge is 2.47. The number of nitrogens with zero attached hydrogens (tertiary/aromatic N) is 4. The highest BCUT2D eigenvalue weighted by Crippen LogP contribution is 2.34. The number of anilines is 2. The minimum absolute atomic E-state index is 0.253. The summed E-state index contributed by atoms with van der Waals surface area (Å²) in [7, 11) is 0. The van der Waals surface area contributed by atoms with Crippen LogP contribution in [0.5, 0.6) is 0 Å². The van der Waals surface area contributed by atoms with Gasteiger partial charge in [-0.25, -0.2) is 0 Å². The van der Waals surface area contributed by atoms with Gasteiger partial charge in [0, 0.05) is 13.1 Å². The molecule has 0 radical (unpaired) electrons. The van der Waals surface area contributed by atoms with E-state index in [1.807, 2.05) is 0 Å². The maximum absolute atomic E-state index is 14.7. The van der Waals surface area contributed by atoms with Crippen LogP contribution in [0.4, 0.5) is 29.3 Å². The summed E-state index contributed by atoms with van der Waals surface area (Å²) in [5.41, 5.74) is -1.04. The van der Waals surface area contributed by atoms with Crippen molar-refractivity contribution in [2.75, 3.05) is 36.1 Å². The number of halogens is 4. The van der Waals surface area contributed by atoms with Crippen molar-refractivity contribution in [2.45, 2.75) is 45.1 Å². The van der Waals surface area contributed by atoms with Crippen LogP contribution in [0, 0.1) is 5.82 Å². The summed E-state index contributed by atoms with van der Waals surface area (Å²) in [6.45, 7) is 2.82. The minimum atomic E-state index is -4.61. The number of hydrogen-bond donors (Lipinski definition) is 0. The molecule has 11 heteroatoms. The highest BCUT2D eigenvalue weighted by atomic mass is 19.4. The van der Waals surface area contributed by atoms with Gasteiger partial charge in [0.2, 0.25) is 11.8 Å². The summed E-state index contributed by atoms with van der Waals surface area (Å²) < 4.78 is 61.2. The van der Waals surface area contributed by atoms with Crippen molar-refractivity contribution in [3.05, 3.63) is 16.2 Å². The summed E-state index contributed by atoms with van der Waals surface area (Å²) in [4.78, 5) is 30.4. The van der Waals surface area contributed by atoms with E-state index in [9.17, 15) is 27.2 Å². The van der Waals surface area contributed by atoms with Crippen molar-refractivity contribution < 1.29 is 27.1 Å². The molecule has 0 amide bonds. The van der Waals surface area contributed by atoms with Crippen LogP contribution in [0.15, 0.2) is 4.79 Å². The normalized spacial score (nSPS) is 23.3. The number of Topliss-reactive ketones (excluding diaryl/α,β-unsaturated/α-hetero) is 1. The molecule has 0 spiro atoms. The van der Waals surface area contributed by atoms with Gasteiger partial charge in [0.25, 0.3) is 5.56 Å². The molecule has 1 aromatic heterocycles. The number of fused-ring (bicyclic) bond motifs is 1. The second kappa shape index (κ2) is 7.10. The predicted octanol–water partition coefficient (Wildman–Crippen LogP) is 1.34. The second-order valence-corrected chi connectivity index (χ2v) is 6.80. The standard InChI is InChI=1S/C16H20F4N4O3/c1-9-8-27-6-5-22(9)13-12(17)14(26)23-4-3-11(16(18,19)20)24(7-10(2)25)15(23)21-13/h9,11H,3-8H2,1-2H3/t9-,11+/m1/s1. The molecule has 0 aliphatic carbocycles. The van der Waals surface area contributed by atoms with Crippen molar-refractivity contribution in [1.82, 2.24) is 9.55 Å². The van der Waals surface area contributed by atoms with E-state index in [0.29, 0.717) is 0 Å². The molecule has 0 unspecified atom stereocenters. The van der Waals surface area contributed by atoms with E-state index in [4.69, 9.17) is 4.74 Å². The van der Waals surface area contributed by atoms with Gasteiger partial charge in [0.1, 0.15) is 11.8 Å². The van der Waals surface area contributed by atoms with Crippen LogP contribution in [0.3, 0.4) is 0 Å². The van der Waals surface area contributed by atoms with E-state index < -0.39 is 42.3 Å². The average molecular weight is 392 g/mol. The monoisotopic (exact) mass is 392 g/mol. The van der Waals surface area contributed by atoms with Crippen LogP contribution in [0.1, 0.15) is 20.3 Å². The van der Waals surface area contributed by atoms with Crippen molar-refractivity contribution in [3.8, 4) is 0 Å². The van der Waals surface area contributed by atoms with E-state index in [2.05, 4.69) is 4.98 Å². The number of hydrogen-bond acceptors (Lipinski definition) is 6. The summed E-state index contributed by atoms with van der Waals surface area (Å²) in [5.74, 6) is -2.27. The zero-order valence-corrected chi connectivity index (χ0v) is 14.9. The Morgan fingerprint density at radius 2 is 2.04 bits per heavy atom. The second-order valence-electron chi connectivity index (χ2n) is 6.80. The van der Waals surface area contributed by atoms with Crippen molar-refractivity contribution in [1.29, 1.82) is 0 Å². The number of ketones is 1. The molecular formula is C16H20F4N4O3. The molecule has 3 heterocycles. The Kier molecular flexibility index (Phi) is 5.15. The maximum atomic E-state index is 14.7.